The van der Waals surface area contributed by atoms with Gasteiger partial charge in [-0.25, -0.2) is 19.0 Å². The van der Waals surface area contributed by atoms with Crippen LogP contribution in [-0.2, 0) is 6.54 Å². The minimum atomic E-state index is -0.263. The first-order valence-corrected chi connectivity index (χ1v) is 9.23. The molecule has 1 aliphatic heterocycles. The van der Waals surface area contributed by atoms with Crippen molar-refractivity contribution < 1.29 is 4.39 Å². The predicted octanol–water partition coefficient (Wildman–Crippen LogP) is 3.09. The van der Waals surface area contributed by atoms with Gasteiger partial charge in [-0.2, -0.15) is 5.10 Å². The van der Waals surface area contributed by atoms with Gasteiger partial charge in [-0.3, -0.25) is 4.90 Å². The molecule has 8 heteroatoms. The van der Waals surface area contributed by atoms with Crippen LogP contribution < -0.4 is 4.90 Å². The van der Waals surface area contributed by atoms with E-state index in [9.17, 15) is 4.39 Å². The Bertz CT molecular complexity index is 935. The number of anilines is 1. The van der Waals surface area contributed by atoms with Crippen LogP contribution in [0.4, 0.5) is 10.2 Å². The Morgan fingerprint density at radius 1 is 1.11 bits per heavy atom. The van der Waals surface area contributed by atoms with Crippen LogP contribution in [0.1, 0.15) is 11.3 Å². The summed E-state index contributed by atoms with van der Waals surface area (Å²) in [6.07, 6.45) is 5.24. The number of aryl methyl sites for hydroxylation is 1. The van der Waals surface area contributed by atoms with E-state index in [1.54, 1.807) is 23.1 Å². The summed E-state index contributed by atoms with van der Waals surface area (Å²) in [5.41, 5.74) is 2.83. The molecule has 0 spiro atoms. The lowest BCUT2D eigenvalue weighted by atomic mass is 10.2. The van der Waals surface area contributed by atoms with Crippen LogP contribution in [0.3, 0.4) is 0 Å². The molecule has 1 fully saturated rings. The number of rotatable bonds is 4. The summed E-state index contributed by atoms with van der Waals surface area (Å²) in [7, 11) is 0. The Kier molecular flexibility index (Phi) is 5.05. The van der Waals surface area contributed by atoms with Crippen molar-refractivity contribution in [1.29, 1.82) is 0 Å². The van der Waals surface area contributed by atoms with E-state index in [1.165, 1.54) is 12.1 Å². The maximum absolute atomic E-state index is 13.5. The molecule has 4 rings (SSSR count). The molecule has 2 aromatic heterocycles. The van der Waals surface area contributed by atoms with Crippen LogP contribution in [0.5, 0.6) is 0 Å². The van der Waals surface area contributed by atoms with E-state index in [0.29, 0.717) is 5.15 Å². The molecule has 0 saturated carbocycles. The fraction of sp³-hybridized carbons (Fsp3) is 0.316. The van der Waals surface area contributed by atoms with E-state index in [2.05, 4.69) is 24.9 Å². The molecule has 27 heavy (non-hydrogen) atoms. The fourth-order valence-electron chi connectivity index (χ4n) is 3.29. The van der Waals surface area contributed by atoms with Gasteiger partial charge in [0, 0.05) is 56.9 Å². The largest absolute Gasteiger partial charge is 0.351 e. The van der Waals surface area contributed by atoms with Crippen molar-refractivity contribution in [2.45, 2.75) is 13.5 Å². The van der Waals surface area contributed by atoms with Gasteiger partial charge in [0.15, 0.2) is 11.0 Å². The lowest BCUT2D eigenvalue weighted by Crippen LogP contribution is -2.46. The maximum Gasteiger partial charge on any atom is 0.171 e. The summed E-state index contributed by atoms with van der Waals surface area (Å²) >= 11 is 6.15. The summed E-state index contributed by atoms with van der Waals surface area (Å²) < 4.78 is 15.2. The first-order chi connectivity index (χ1) is 13.1. The first kappa shape index (κ1) is 17.9. The number of hydrogen-bond donors (Lipinski definition) is 0. The van der Waals surface area contributed by atoms with E-state index in [-0.39, 0.29) is 5.82 Å². The lowest BCUT2D eigenvalue weighted by molar-refractivity contribution is 0.249. The van der Waals surface area contributed by atoms with Crippen LogP contribution in [0.2, 0.25) is 5.15 Å². The Morgan fingerprint density at radius 3 is 2.63 bits per heavy atom. The number of halogens is 2. The standard InChI is InChI=1S/C19H20ClFN6/c1-14-15(13-27(24-14)17-4-2-3-16(21)11-17)12-25-7-9-26(10-8-25)19-18(20)22-5-6-23-19/h2-6,11,13H,7-10,12H2,1H3. The number of hydrogen-bond acceptors (Lipinski definition) is 5. The molecule has 1 aromatic carbocycles. The Morgan fingerprint density at radius 2 is 1.89 bits per heavy atom. The van der Waals surface area contributed by atoms with Crippen molar-refractivity contribution in [3.8, 4) is 5.69 Å². The number of benzene rings is 1. The Labute approximate surface area is 162 Å². The van der Waals surface area contributed by atoms with Gasteiger partial charge in [0.05, 0.1) is 11.4 Å². The molecular formula is C19H20ClFN6. The second kappa shape index (κ2) is 7.62. The predicted molar refractivity (Wildman–Crippen MR) is 103 cm³/mol. The van der Waals surface area contributed by atoms with Gasteiger partial charge in [-0.1, -0.05) is 17.7 Å². The van der Waals surface area contributed by atoms with Gasteiger partial charge >= 0.3 is 0 Å². The van der Waals surface area contributed by atoms with E-state index >= 15 is 0 Å². The van der Waals surface area contributed by atoms with Crippen LogP contribution in [-0.4, -0.2) is 50.8 Å². The van der Waals surface area contributed by atoms with Crippen molar-refractivity contribution in [3.63, 3.8) is 0 Å². The summed E-state index contributed by atoms with van der Waals surface area (Å²) in [6, 6.07) is 6.46. The van der Waals surface area contributed by atoms with Crippen LogP contribution in [0.25, 0.3) is 5.69 Å². The average Bonchev–Trinajstić information content (AvgIpc) is 3.04. The van der Waals surface area contributed by atoms with Gasteiger partial charge < -0.3 is 4.90 Å². The topological polar surface area (TPSA) is 50.1 Å². The van der Waals surface area contributed by atoms with Gasteiger partial charge in [0.1, 0.15) is 5.82 Å². The summed E-state index contributed by atoms with van der Waals surface area (Å²) in [6.45, 7) is 6.28. The van der Waals surface area contributed by atoms with E-state index in [0.717, 1.165) is 55.5 Å². The van der Waals surface area contributed by atoms with Crippen molar-refractivity contribution >= 4 is 17.4 Å². The van der Waals surface area contributed by atoms with Gasteiger partial charge in [-0.15, -0.1) is 0 Å². The zero-order chi connectivity index (χ0) is 18.8. The quantitative estimate of drug-likeness (QED) is 0.689. The van der Waals surface area contributed by atoms with Crippen LogP contribution in [0.15, 0.2) is 42.9 Å². The molecule has 3 heterocycles. The second-order valence-electron chi connectivity index (χ2n) is 6.60. The molecular weight excluding hydrogens is 367 g/mol. The molecule has 1 saturated heterocycles. The Hall–Kier alpha value is -2.51. The third-order valence-electron chi connectivity index (χ3n) is 4.77. The van der Waals surface area contributed by atoms with Crippen molar-refractivity contribution in [2.75, 3.05) is 31.1 Å². The highest BCUT2D eigenvalue weighted by atomic mass is 35.5. The summed E-state index contributed by atoms with van der Waals surface area (Å²) in [5.74, 6) is 0.481. The molecule has 6 nitrogen and oxygen atoms in total. The van der Waals surface area contributed by atoms with Gasteiger partial charge in [0.25, 0.3) is 0 Å². The summed E-state index contributed by atoms with van der Waals surface area (Å²) in [5, 5.41) is 4.98. The SMILES string of the molecule is Cc1nn(-c2cccc(F)c2)cc1CN1CCN(c2nccnc2Cl)CC1. The molecule has 0 unspecified atom stereocenters. The minimum absolute atomic E-state index is 0.263. The highest BCUT2D eigenvalue weighted by Crippen LogP contribution is 2.22. The molecule has 0 bridgehead atoms. The maximum atomic E-state index is 13.5. The molecule has 0 N–H and O–H groups in total. The second-order valence-corrected chi connectivity index (χ2v) is 6.96. The number of piperazine rings is 1. The fourth-order valence-corrected chi connectivity index (χ4v) is 3.51. The zero-order valence-corrected chi connectivity index (χ0v) is 15.8. The van der Waals surface area contributed by atoms with Crippen molar-refractivity contribution in [2.24, 2.45) is 0 Å². The lowest BCUT2D eigenvalue weighted by Gasteiger charge is -2.35. The first-order valence-electron chi connectivity index (χ1n) is 8.85. The summed E-state index contributed by atoms with van der Waals surface area (Å²) in [4.78, 5) is 13.0. The number of aromatic nitrogens is 4. The molecule has 140 valence electrons. The monoisotopic (exact) mass is 386 g/mol. The number of nitrogens with zero attached hydrogens (tertiary/aromatic N) is 6. The van der Waals surface area contributed by atoms with Crippen LogP contribution >= 0.6 is 11.6 Å². The molecule has 0 radical (unpaired) electrons. The van der Waals surface area contributed by atoms with Gasteiger partial charge in [-0.05, 0) is 25.1 Å². The van der Waals surface area contributed by atoms with Crippen molar-refractivity contribution in [3.05, 3.63) is 65.1 Å². The minimum Gasteiger partial charge on any atom is -0.351 e. The zero-order valence-electron chi connectivity index (χ0n) is 15.0. The smallest absolute Gasteiger partial charge is 0.171 e. The molecule has 1 aliphatic rings. The van der Waals surface area contributed by atoms with E-state index < -0.39 is 0 Å². The average molecular weight is 387 g/mol. The van der Waals surface area contributed by atoms with Gasteiger partial charge in [0.2, 0.25) is 0 Å². The van der Waals surface area contributed by atoms with E-state index in [1.807, 2.05) is 19.2 Å². The molecule has 0 aliphatic carbocycles. The van der Waals surface area contributed by atoms with E-state index in [4.69, 9.17) is 11.6 Å². The third-order valence-corrected chi connectivity index (χ3v) is 5.04. The van der Waals surface area contributed by atoms with Crippen LogP contribution in [0, 0.1) is 12.7 Å². The highest BCUT2D eigenvalue weighted by Gasteiger charge is 2.21. The molecule has 0 atom stereocenters. The molecule has 3 aromatic rings. The van der Waals surface area contributed by atoms with Crippen molar-refractivity contribution in [1.82, 2.24) is 24.6 Å². The Balaban J connectivity index is 1.42. The third kappa shape index (κ3) is 3.94. The molecule has 0 amide bonds. The normalized spacial score (nSPS) is 15.3. The highest BCUT2D eigenvalue weighted by molar-refractivity contribution is 6.31.